The molecule has 0 heterocycles. The average molecular weight is 285 g/mol. The van der Waals surface area contributed by atoms with Crippen molar-refractivity contribution in [1.82, 2.24) is 0 Å². The summed E-state index contributed by atoms with van der Waals surface area (Å²) >= 11 is 3.35. The zero-order valence-electron chi connectivity index (χ0n) is 8.90. The van der Waals surface area contributed by atoms with Gasteiger partial charge in [0.15, 0.2) is 0 Å². The van der Waals surface area contributed by atoms with Crippen LogP contribution in [0.3, 0.4) is 0 Å². The smallest absolute Gasteiger partial charge is 0.314 e. The number of aliphatic hydroxyl groups excluding tert-OH is 1. The predicted molar refractivity (Wildman–Crippen MR) is 63.4 cm³/mol. The van der Waals surface area contributed by atoms with Gasteiger partial charge >= 0.3 is 5.97 Å². The molecule has 0 saturated heterocycles. The molecule has 0 aromatic heterocycles. The molecule has 0 radical (unpaired) electrons. The highest BCUT2D eigenvalue weighted by Gasteiger charge is 2.51. The van der Waals surface area contributed by atoms with E-state index < -0.39 is 17.5 Å². The number of hydrogen-bond donors (Lipinski definition) is 2. The monoisotopic (exact) mass is 284 g/mol. The van der Waals surface area contributed by atoms with Crippen LogP contribution in [0.5, 0.6) is 0 Å². The number of carboxylic acid groups (broad SMARTS) is 1. The van der Waals surface area contributed by atoms with E-state index in [9.17, 15) is 15.0 Å². The number of hydrogen-bond acceptors (Lipinski definition) is 2. The fourth-order valence-corrected chi connectivity index (χ4v) is 2.73. The molecule has 1 aliphatic carbocycles. The van der Waals surface area contributed by atoms with E-state index in [1.165, 1.54) is 0 Å². The van der Waals surface area contributed by atoms with Gasteiger partial charge in [-0.15, -0.1) is 0 Å². The second-order valence-electron chi connectivity index (χ2n) is 4.41. The van der Waals surface area contributed by atoms with Crippen molar-refractivity contribution in [3.63, 3.8) is 0 Å². The summed E-state index contributed by atoms with van der Waals surface area (Å²) in [4.78, 5) is 11.4. The second kappa shape index (κ2) is 3.86. The molecule has 4 heteroatoms. The molecule has 0 unspecified atom stereocenters. The Hall–Kier alpha value is -0.870. The number of carboxylic acids is 1. The lowest BCUT2D eigenvalue weighted by atomic mass is 9.62. The largest absolute Gasteiger partial charge is 0.481 e. The van der Waals surface area contributed by atoms with E-state index in [1.54, 1.807) is 0 Å². The normalized spacial score (nSPS) is 28.6. The predicted octanol–water partition coefficient (Wildman–Crippen LogP) is 2.23. The molecule has 2 N–H and O–H groups in total. The van der Waals surface area contributed by atoms with E-state index in [0.29, 0.717) is 12.8 Å². The molecular formula is C12H13BrO3. The van der Waals surface area contributed by atoms with Crippen LogP contribution in [0, 0.1) is 6.92 Å². The van der Waals surface area contributed by atoms with Crippen LogP contribution in [0.4, 0.5) is 0 Å². The van der Waals surface area contributed by atoms with Gasteiger partial charge in [-0.05, 0) is 43.0 Å². The molecule has 0 spiro atoms. The SMILES string of the molecule is Cc1ccc(Br)cc1C1(C(=O)O)CC(O)C1. The molecule has 3 nitrogen and oxygen atoms in total. The fourth-order valence-electron chi connectivity index (χ4n) is 2.36. The first-order valence-electron chi connectivity index (χ1n) is 5.14. The first-order valence-corrected chi connectivity index (χ1v) is 5.93. The third kappa shape index (κ3) is 1.66. The van der Waals surface area contributed by atoms with Crippen LogP contribution in [0.25, 0.3) is 0 Å². The molecule has 16 heavy (non-hydrogen) atoms. The molecule has 1 aromatic carbocycles. The van der Waals surface area contributed by atoms with Crippen molar-refractivity contribution in [3.05, 3.63) is 33.8 Å². The van der Waals surface area contributed by atoms with E-state index in [4.69, 9.17) is 0 Å². The molecule has 0 aliphatic heterocycles. The maximum atomic E-state index is 11.4. The first-order chi connectivity index (χ1) is 7.45. The molecule has 0 atom stereocenters. The number of aliphatic carboxylic acids is 1. The highest BCUT2D eigenvalue weighted by atomic mass is 79.9. The van der Waals surface area contributed by atoms with Gasteiger partial charge in [0, 0.05) is 4.47 Å². The van der Waals surface area contributed by atoms with E-state index in [0.717, 1.165) is 15.6 Å². The Morgan fingerprint density at radius 1 is 1.50 bits per heavy atom. The summed E-state index contributed by atoms with van der Waals surface area (Å²) in [6.07, 6.45) is 0.119. The summed E-state index contributed by atoms with van der Waals surface area (Å²) in [7, 11) is 0. The van der Waals surface area contributed by atoms with Gasteiger partial charge in [-0.1, -0.05) is 22.0 Å². The van der Waals surface area contributed by atoms with Crippen molar-refractivity contribution in [3.8, 4) is 0 Å². The summed E-state index contributed by atoms with van der Waals surface area (Å²) in [5, 5.41) is 18.7. The third-order valence-electron chi connectivity index (χ3n) is 3.29. The lowest BCUT2D eigenvalue weighted by molar-refractivity contribution is -0.153. The third-order valence-corrected chi connectivity index (χ3v) is 3.79. The highest BCUT2D eigenvalue weighted by Crippen LogP contribution is 2.45. The van der Waals surface area contributed by atoms with Crippen LogP contribution in [-0.4, -0.2) is 22.3 Å². The molecule has 1 aliphatic rings. The number of aryl methyl sites for hydroxylation is 1. The van der Waals surface area contributed by atoms with Crippen molar-refractivity contribution in [1.29, 1.82) is 0 Å². The minimum Gasteiger partial charge on any atom is -0.481 e. The minimum atomic E-state index is -0.896. The van der Waals surface area contributed by atoms with Crippen molar-refractivity contribution in [2.75, 3.05) is 0 Å². The number of benzene rings is 1. The Morgan fingerprint density at radius 3 is 2.62 bits per heavy atom. The molecule has 86 valence electrons. The maximum Gasteiger partial charge on any atom is 0.314 e. The highest BCUT2D eigenvalue weighted by molar-refractivity contribution is 9.10. The number of carbonyl (C=O) groups is 1. The van der Waals surface area contributed by atoms with Gasteiger partial charge in [0.1, 0.15) is 0 Å². The Kier molecular flexibility index (Phi) is 2.80. The molecule has 1 fully saturated rings. The Labute approximate surface area is 102 Å². The molecular weight excluding hydrogens is 272 g/mol. The van der Waals surface area contributed by atoms with Crippen LogP contribution in [-0.2, 0) is 10.2 Å². The van der Waals surface area contributed by atoms with Gasteiger partial charge in [0.25, 0.3) is 0 Å². The molecule has 2 rings (SSSR count). The van der Waals surface area contributed by atoms with Crippen LogP contribution in [0.15, 0.2) is 22.7 Å². The average Bonchev–Trinajstić information content (AvgIpc) is 2.16. The molecule has 0 bridgehead atoms. The van der Waals surface area contributed by atoms with Crippen molar-refractivity contribution in [2.24, 2.45) is 0 Å². The van der Waals surface area contributed by atoms with Gasteiger partial charge in [-0.2, -0.15) is 0 Å². The lowest BCUT2D eigenvalue weighted by Crippen LogP contribution is -2.51. The summed E-state index contributed by atoms with van der Waals surface area (Å²) in [6.45, 7) is 1.90. The Morgan fingerprint density at radius 2 is 2.12 bits per heavy atom. The van der Waals surface area contributed by atoms with E-state index in [2.05, 4.69) is 15.9 Å². The van der Waals surface area contributed by atoms with Crippen molar-refractivity contribution < 1.29 is 15.0 Å². The van der Waals surface area contributed by atoms with Gasteiger partial charge in [-0.3, -0.25) is 4.79 Å². The number of aliphatic hydroxyl groups is 1. The van der Waals surface area contributed by atoms with Gasteiger partial charge in [0.2, 0.25) is 0 Å². The van der Waals surface area contributed by atoms with Crippen LogP contribution in [0.2, 0.25) is 0 Å². The second-order valence-corrected chi connectivity index (χ2v) is 5.32. The zero-order valence-corrected chi connectivity index (χ0v) is 10.5. The first kappa shape index (κ1) is 11.6. The van der Waals surface area contributed by atoms with Crippen molar-refractivity contribution >= 4 is 21.9 Å². The van der Waals surface area contributed by atoms with Crippen LogP contribution < -0.4 is 0 Å². The van der Waals surface area contributed by atoms with Gasteiger partial charge in [-0.25, -0.2) is 0 Å². The molecule has 1 saturated carbocycles. The van der Waals surface area contributed by atoms with E-state index in [1.807, 2.05) is 25.1 Å². The summed E-state index contributed by atoms with van der Waals surface area (Å²) in [6, 6.07) is 5.63. The Balaban J connectivity index is 2.48. The topological polar surface area (TPSA) is 57.5 Å². The lowest BCUT2D eigenvalue weighted by Gasteiger charge is -2.43. The summed E-state index contributed by atoms with van der Waals surface area (Å²) < 4.78 is 0.870. The maximum absolute atomic E-state index is 11.4. The number of rotatable bonds is 2. The quantitative estimate of drug-likeness (QED) is 0.876. The van der Waals surface area contributed by atoms with Crippen molar-refractivity contribution in [2.45, 2.75) is 31.3 Å². The van der Waals surface area contributed by atoms with E-state index in [-0.39, 0.29) is 0 Å². The van der Waals surface area contributed by atoms with E-state index >= 15 is 0 Å². The number of halogens is 1. The molecule has 0 amide bonds. The summed E-state index contributed by atoms with van der Waals surface area (Å²) in [5.74, 6) is -0.848. The van der Waals surface area contributed by atoms with Crippen LogP contribution >= 0.6 is 15.9 Å². The zero-order chi connectivity index (χ0) is 11.9. The van der Waals surface area contributed by atoms with Crippen LogP contribution in [0.1, 0.15) is 24.0 Å². The Bertz CT molecular complexity index is 436. The van der Waals surface area contributed by atoms with Gasteiger partial charge < -0.3 is 10.2 Å². The minimum absolute atomic E-state index is 0.305. The standard InChI is InChI=1S/C12H13BrO3/c1-7-2-3-8(13)4-10(7)12(11(15)16)5-9(14)6-12/h2-4,9,14H,5-6H2,1H3,(H,15,16). The summed E-state index contributed by atoms with van der Waals surface area (Å²) in [5.41, 5.74) is 0.866. The van der Waals surface area contributed by atoms with Gasteiger partial charge in [0.05, 0.1) is 11.5 Å². The molecule has 1 aromatic rings. The fraction of sp³-hybridized carbons (Fsp3) is 0.417.